The molecule has 1 aliphatic heterocycles. The summed E-state index contributed by atoms with van der Waals surface area (Å²) in [5, 5.41) is 4.25. The fourth-order valence-electron chi connectivity index (χ4n) is 2.29. The van der Waals surface area contributed by atoms with Crippen LogP contribution in [0.15, 0.2) is 18.2 Å². The van der Waals surface area contributed by atoms with E-state index < -0.39 is 0 Å². The van der Waals surface area contributed by atoms with Crippen LogP contribution in [-0.2, 0) is 6.42 Å². The quantitative estimate of drug-likeness (QED) is 0.812. The Morgan fingerprint density at radius 1 is 1.33 bits per heavy atom. The van der Waals surface area contributed by atoms with Gasteiger partial charge in [0, 0.05) is 5.02 Å². The Bertz CT molecular complexity index is 329. The Hall–Kier alpha value is -0.530. The first-order valence-electron chi connectivity index (χ1n) is 5.71. The molecule has 1 aromatic rings. The van der Waals surface area contributed by atoms with Gasteiger partial charge in [-0.15, -0.1) is 0 Å². The molecule has 1 heterocycles. The average molecular weight is 224 g/mol. The van der Waals surface area contributed by atoms with Crippen LogP contribution in [0.1, 0.15) is 24.0 Å². The molecule has 0 radical (unpaired) electrons. The summed E-state index contributed by atoms with van der Waals surface area (Å²) in [7, 11) is 0. The zero-order valence-electron chi connectivity index (χ0n) is 9.22. The molecule has 0 spiro atoms. The molecule has 1 fully saturated rings. The summed E-state index contributed by atoms with van der Waals surface area (Å²) in [6, 6.07) is 6.25. The van der Waals surface area contributed by atoms with E-state index in [0.29, 0.717) is 0 Å². The number of piperidine rings is 1. The fraction of sp³-hybridized carbons (Fsp3) is 0.538. The lowest BCUT2D eigenvalue weighted by Crippen LogP contribution is -2.28. The molecule has 0 aliphatic carbocycles. The molecule has 15 heavy (non-hydrogen) atoms. The van der Waals surface area contributed by atoms with Gasteiger partial charge in [0.2, 0.25) is 0 Å². The summed E-state index contributed by atoms with van der Waals surface area (Å²) in [6.07, 6.45) is 3.83. The van der Waals surface area contributed by atoms with Crippen LogP contribution in [-0.4, -0.2) is 13.1 Å². The maximum Gasteiger partial charge on any atom is 0.0408 e. The van der Waals surface area contributed by atoms with Crippen LogP contribution >= 0.6 is 11.6 Å². The minimum absolute atomic E-state index is 0.849. The van der Waals surface area contributed by atoms with E-state index >= 15 is 0 Å². The topological polar surface area (TPSA) is 12.0 Å². The number of hydrogen-bond donors (Lipinski definition) is 1. The standard InChI is InChI=1S/C13H18ClN/c1-10-8-13(14)3-2-12(10)9-11-4-6-15-7-5-11/h2-3,8,11,15H,4-7,9H2,1H3. The maximum absolute atomic E-state index is 5.95. The first-order valence-corrected chi connectivity index (χ1v) is 6.09. The van der Waals surface area contributed by atoms with Crippen molar-refractivity contribution in [2.75, 3.05) is 13.1 Å². The van der Waals surface area contributed by atoms with Crippen molar-refractivity contribution < 1.29 is 0 Å². The van der Waals surface area contributed by atoms with E-state index in [1.165, 1.54) is 43.5 Å². The fourth-order valence-corrected chi connectivity index (χ4v) is 2.51. The highest BCUT2D eigenvalue weighted by Gasteiger charge is 2.14. The zero-order valence-corrected chi connectivity index (χ0v) is 9.98. The van der Waals surface area contributed by atoms with Crippen LogP contribution in [0.3, 0.4) is 0 Å². The number of halogens is 1. The van der Waals surface area contributed by atoms with E-state index in [-0.39, 0.29) is 0 Å². The monoisotopic (exact) mass is 223 g/mol. The predicted octanol–water partition coefficient (Wildman–Crippen LogP) is 3.19. The highest BCUT2D eigenvalue weighted by molar-refractivity contribution is 6.30. The molecule has 1 saturated heterocycles. The molecule has 1 N–H and O–H groups in total. The lowest BCUT2D eigenvalue weighted by atomic mass is 9.89. The number of hydrogen-bond acceptors (Lipinski definition) is 1. The molecular formula is C13H18ClN. The molecule has 0 unspecified atom stereocenters. The molecule has 0 saturated carbocycles. The van der Waals surface area contributed by atoms with Crippen LogP contribution in [0.4, 0.5) is 0 Å². The van der Waals surface area contributed by atoms with E-state index in [9.17, 15) is 0 Å². The Morgan fingerprint density at radius 2 is 2.07 bits per heavy atom. The zero-order chi connectivity index (χ0) is 10.7. The van der Waals surface area contributed by atoms with Crippen molar-refractivity contribution in [1.82, 2.24) is 5.32 Å². The predicted molar refractivity (Wildman–Crippen MR) is 65.5 cm³/mol. The summed E-state index contributed by atoms with van der Waals surface area (Å²) in [6.45, 7) is 4.51. The number of benzene rings is 1. The second kappa shape index (κ2) is 5.00. The van der Waals surface area contributed by atoms with Gasteiger partial charge in [-0.2, -0.15) is 0 Å². The van der Waals surface area contributed by atoms with Crippen molar-refractivity contribution >= 4 is 11.6 Å². The van der Waals surface area contributed by atoms with Crippen molar-refractivity contribution in [3.8, 4) is 0 Å². The molecule has 1 aliphatic rings. The smallest absolute Gasteiger partial charge is 0.0408 e. The second-order valence-corrected chi connectivity index (χ2v) is 4.90. The molecule has 2 heteroatoms. The molecular weight excluding hydrogens is 206 g/mol. The lowest BCUT2D eigenvalue weighted by molar-refractivity contribution is 0.372. The second-order valence-electron chi connectivity index (χ2n) is 4.47. The number of nitrogens with one attached hydrogen (secondary N) is 1. The van der Waals surface area contributed by atoms with Gasteiger partial charge in [0.05, 0.1) is 0 Å². The SMILES string of the molecule is Cc1cc(Cl)ccc1CC1CCNCC1. The maximum atomic E-state index is 5.95. The highest BCUT2D eigenvalue weighted by atomic mass is 35.5. The van der Waals surface area contributed by atoms with Gasteiger partial charge in [-0.25, -0.2) is 0 Å². The largest absolute Gasteiger partial charge is 0.317 e. The van der Waals surface area contributed by atoms with E-state index in [1.54, 1.807) is 0 Å². The number of rotatable bonds is 2. The van der Waals surface area contributed by atoms with Gasteiger partial charge in [-0.1, -0.05) is 17.7 Å². The Morgan fingerprint density at radius 3 is 2.73 bits per heavy atom. The van der Waals surface area contributed by atoms with Crippen molar-refractivity contribution in [3.05, 3.63) is 34.3 Å². The van der Waals surface area contributed by atoms with Crippen LogP contribution in [0.5, 0.6) is 0 Å². The van der Waals surface area contributed by atoms with Gasteiger partial charge in [0.15, 0.2) is 0 Å². The first kappa shape index (κ1) is 11.0. The Kier molecular flexibility index (Phi) is 3.66. The van der Waals surface area contributed by atoms with E-state index in [2.05, 4.69) is 24.4 Å². The molecule has 0 bridgehead atoms. The minimum Gasteiger partial charge on any atom is -0.317 e. The van der Waals surface area contributed by atoms with Crippen molar-refractivity contribution in [3.63, 3.8) is 0 Å². The van der Waals surface area contributed by atoms with Gasteiger partial charge in [-0.05, 0) is 68.5 Å². The van der Waals surface area contributed by atoms with E-state index in [1.807, 2.05) is 6.07 Å². The first-order chi connectivity index (χ1) is 7.25. The molecule has 1 nitrogen and oxygen atoms in total. The van der Waals surface area contributed by atoms with Crippen LogP contribution in [0.2, 0.25) is 5.02 Å². The molecule has 2 rings (SSSR count). The third-order valence-electron chi connectivity index (χ3n) is 3.27. The van der Waals surface area contributed by atoms with E-state index in [0.717, 1.165) is 10.9 Å². The third kappa shape index (κ3) is 2.96. The van der Waals surface area contributed by atoms with Crippen LogP contribution in [0.25, 0.3) is 0 Å². The van der Waals surface area contributed by atoms with Gasteiger partial charge < -0.3 is 5.32 Å². The third-order valence-corrected chi connectivity index (χ3v) is 3.51. The lowest BCUT2D eigenvalue weighted by Gasteiger charge is -2.23. The molecule has 0 amide bonds. The highest BCUT2D eigenvalue weighted by Crippen LogP contribution is 2.22. The Labute approximate surface area is 96.8 Å². The van der Waals surface area contributed by atoms with Gasteiger partial charge in [-0.3, -0.25) is 0 Å². The molecule has 0 atom stereocenters. The summed E-state index contributed by atoms with van der Waals surface area (Å²) in [5.74, 6) is 0.853. The molecule has 0 aromatic heterocycles. The van der Waals surface area contributed by atoms with Crippen LogP contribution < -0.4 is 5.32 Å². The van der Waals surface area contributed by atoms with Crippen molar-refractivity contribution in [2.24, 2.45) is 5.92 Å². The Balaban J connectivity index is 2.03. The van der Waals surface area contributed by atoms with Gasteiger partial charge in [0.1, 0.15) is 0 Å². The minimum atomic E-state index is 0.849. The summed E-state index contributed by atoms with van der Waals surface area (Å²) in [4.78, 5) is 0. The van der Waals surface area contributed by atoms with Crippen molar-refractivity contribution in [2.45, 2.75) is 26.2 Å². The van der Waals surface area contributed by atoms with Gasteiger partial charge in [0.25, 0.3) is 0 Å². The van der Waals surface area contributed by atoms with Gasteiger partial charge >= 0.3 is 0 Å². The molecule has 82 valence electrons. The summed E-state index contributed by atoms with van der Waals surface area (Å²) in [5.41, 5.74) is 2.80. The average Bonchev–Trinajstić information content (AvgIpc) is 2.24. The molecule has 1 aromatic carbocycles. The van der Waals surface area contributed by atoms with Crippen LogP contribution in [0, 0.1) is 12.8 Å². The van der Waals surface area contributed by atoms with E-state index in [4.69, 9.17) is 11.6 Å². The van der Waals surface area contributed by atoms with Crippen molar-refractivity contribution in [1.29, 1.82) is 0 Å². The summed E-state index contributed by atoms with van der Waals surface area (Å²) >= 11 is 5.95. The normalized spacial score (nSPS) is 18.0. The summed E-state index contributed by atoms with van der Waals surface area (Å²) < 4.78 is 0. The number of aryl methyl sites for hydroxylation is 1.